The molecule has 1 aromatic heterocycles. The molecule has 19 heavy (non-hydrogen) atoms. The zero-order chi connectivity index (χ0) is 13.7. The Morgan fingerprint density at radius 3 is 2.89 bits per heavy atom. The van der Waals surface area contributed by atoms with Crippen LogP contribution in [0.1, 0.15) is 19.4 Å². The van der Waals surface area contributed by atoms with Gasteiger partial charge in [-0.25, -0.2) is 0 Å². The van der Waals surface area contributed by atoms with E-state index in [9.17, 15) is 4.79 Å². The van der Waals surface area contributed by atoms with Crippen LogP contribution >= 0.6 is 0 Å². The van der Waals surface area contributed by atoms with Crippen LogP contribution < -0.4 is 5.32 Å². The number of rotatable bonds is 5. The Balaban J connectivity index is 1.79. The number of ether oxygens (including phenoxy) is 1. The molecule has 1 N–H and O–H groups in total. The molecular weight excluding hydrogens is 244 g/mol. The van der Waals surface area contributed by atoms with Crippen molar-refractivity contribution in [2.45, 2.75) is 33.0 Å². The monoisotopic (exact) mass is 266 g/mol. The molecule has 0 aromatic carbocycles. The van der Waals surface area contributed by atoms with Crippen LogP contribution in [0.2, 0.25) is 0 Å². The van der Waals surface area contributed by atoms with Gasteiger partial charge in [0.25, 0.3) is 0 Å². The average molecular weight is 266 g/mol. The first-order chi connectivity index (χ1) is 9.20. The van der Waals surface area contributed by atoms with E-state index in [1.54, 1.807) is 0 Å². The van der Waals surface area contributed by atoms with Gasteiger partial charge in [-0.3, -0.25) is 9.48 Å². The number of carbonyl (C=O) groups is 1. The van der Waals surface area contributed by atoms with Crippen LogP contribution in [-0.2, 0) is 22.6 Å². The Hall–Kier alpha value is -1.40. The summed E-state index contributed by atoms with van der Waals surface area (Å²) in [5, 5.41) is 7.46. The van der Waals surface area contributed by atoms with Crippen LogP contribution in [-0.4, -0.2) is 52.9 Å². The predicted molar refractivity (Wildman–Crippen MR) is 71.6 cm³/mol. The van der Waals surface area contributed by atoms with Crippen molar-refractivity contribution in [2.75, 3.05) is 26.3 Å². The third kappa shape index (κ3) is 3.78. The van der Waals surface area contributed by atoms with Gasteiger partial charge in [-0.15, -0.1) is 0 Å². The fraction of sp³-hybridized carbons (Fsp3) is 0.692. The molecule has 1 unspecified atom stereocenters. The molecule has 2 rings (SSSR count). The summed E-state index contributed by atoms with van der Waals surface area (Å²) in [6, 6.07) is -0.178. The maximum absolute atomic E-state index is 12.2. The molecule has 1 saturated heterocycles. The summed E-state index contributed by atoms with van der Waals surface area (Å²) in [7, 11) is 0. The first-order valence-electron chi connectivity index (χ1n) is 6.82. The summed E-state index contributed by atoms with van der Waals surface area (Å²) < 4.78 is 7.13. The van der Waals surface area contributed by atoms with E-state index in [2.05, 4.69) is 17.3 Å². The average Bonchev–Trinajstić information content (AvgIpc) is 2.93. The van der Waals surface area contributed by atoms with Crippen molar-refractivity contribution >= 4 is 5.91 Å². The molecule has 6 nitrogen and oxygen atoms in total. The highest BCUT2D eigenvalue weighted by Crippen LogP contribution is 2.02. The number of aryl methyl sites for hydroxylation is 1. The zero-order valence-corrected chi connectivity index (χ0v) is 11.6. The van der Waals surface area contributed by atoms with Gasteiger partial charge in [0.1, 0.15) is 0 Å². The maximum atomic E-state index is 12.2. The van der Waals surface area contributed by atoms with E-state index in [1.165, 1.54) is 0 Å². The number of amides is 1. The minimum atomic E-state index is -0.178. The highest BCUT2D eigenvalue weighted by Gasteiger charge is 2.21. The van der Waals surface area contributed by atoms with E-state index in [0.29, 0.717) is 32.8 Å². The molecule has 6 heteroatoms. The maximum Gasteiger partial charge on any atom is 0.239 e. The van der Waals surface area contributed by atoms with Crippen molar-refractivity contribution in [3.05, 3.63) is 18.0 Å². The Morgan fingerprint density at radius 2 is 2.26 bits per heavy atom. The number of nitrogens with one attached hydrogen (secondary N) is 1. The molecule has 1 fully saturated rings. The number of carbonyl (C=O) groups excluding carboxylic acids is 1. The lowest BCUT2D eigenvalue weighted by Gasteiger charge is -2.29. The highest BCUT2D eigenvalue weighted by atomic mass is 16.5. The summed E-state index contributed by atoms with van der Waals surface area (Å²) in [6.45, 7) is 8.15. The van der Waals surface area contributed by atoms with E-state index in [1.807, 2.05) is 28.9 Å². The molecule has 0 saturated carbocycles. The molecule has 1 atom stereocenters. The second kappa shape index (κ2) is 6.68. The van der Waals surface area contributed by atoms with Gasteiger partial charge in [-0.05, 0) is 13.8 Å². The van der Waals surface area contributed by atoms with Crippen molar-refractivity contribution < 1.29 is 9.53 Å². The summed E-state index contributed by atoms with van der Waals surface area (Å²) in [6.07, 6.45) is 3.83. The van der Waals surface area contributed by atoms with Gasteiger partial charge in [0, 0.05) is 37.9 Å². The highest BCUT2D eigenvalue weighted by molar-refractivity contribution is 5.81. The Labute approximate surface area is 113 Å². The molecule has 1 amide bonds. The lowest BCUT2D eigenvalue weighted by atomic mass is 10.2. The molecule has 0 spiro atoms. The second-order valence-electron chi connectivity index (χ2n) is 4.74. The van der Waals surface area contributed by atoms with E-state index in [0.717, 1.165) is 12.1 Å². The number of nitrogens with zero attached hydrogens (tertiary/aromatic N) is 3. The van der Waals surface area contributed by atoms with Gasteiger partial charge in [0.15, 0.2) is 0 Å². The molecule has 1 aromatic rings. The SMILES string of the molecule is CCn1cc(CNC(C)C(=O)N2CCOCC2)cn1. The van der Waals surface area contributed by atoms with Crippen LogP contribution in [0.25, 0.3) is 0 Å². The Bertz CT molecular complexity index is 413. The first kappa shape index (κ1) is 14.0. The largest absolute Gasteiger partial charge is 0.378 e. The van der Waals surface area contributed by atoms with Crippen LogP contribution in [0.3, 0.4) is 0 Å². The molecule has 106 valence electrons. The van der Waals surface area contributed by atoms with E-state index in [4.69, 9.17) is 4.74 Å². The normalized spacial score (nSPS) is 17.5. The molecule has 0 aliphatic carbocycles. The Morgan fingerprint density at radius 1 is 1.53 bits per heavy atom. The van der Waals surface area contributed by atoms with Crippen molar-refractivity contribution in [1.82, 2.24) is 20.0 Å². The standard InChI is InChI=1S/C13H22N4O2/c1-3-17-10-12(9-15-17)8-14-11(2)13(18)16-4-6-19-7-5-16/h9-11,14H,3-8H2,1-2H3. The predicted octanol–water partition coefficient (Wildman–Crippen LogP) is 0.240. The van der Waals surface area contributed by atoms with Gasteiger partial charge >= 0.3 is 0 Å². The van der Waals surface area contributed by atoms with Gasteiger partial charge in [-0.2, -0.15) is 5.10 Å². The topological polar surface area (TPSA) is 59.4 Å². The molecule has 0 bridgehead atoms. The molecule has 0 radical (unpaired) electrons. The quantitative estimate of drug-likeness (QED) is 0.829. The minimum Gasteiger partial charge on any atom is -0.378 e. The molecule has 1 aliphatic rings. The van der Waals surface area contributed by atoms with E-state index >= 15 is 0 Å². The van der Waals surface area contributed by atoms with Crippen LogP contribution in [0.5, 0.6) is 0 Å². The third-order valence-electron chi connectivity index (χ3n) is 3.32. The zero-order valence-electron chi connectivity index (χ0n) is 11.6. The molecule has 1 aliphatic heterocycles. The number of morpholine rings is 1. The second-order valence-corrected chi connectivity index (χ2v) is 4.74. The molecular formula is C13H22N4O2. The van der Waals surface area contributed by atoms with Crippen molar-refractivity contribution in [3.63, 3.8) is 0 Å². The Kier molecular flexibility index (Phi) is 4.93. The fourth-order valence-corrected chi connectivity index (χ4v) is 2.09. The summed E-state index contributed by atoms with van der Waals surface area (Å²) in [5.74, 6) is 0.145. The van der Waals surface area contributed by atoms with Crippen LogP contribution in [0.15, 0.2) is 12.4 Å². The van der Waals surface area contributed by atoms with E-state index < -0.39 is 0 Å². The number of hydrogen-bond donors (Lipinski definition) is 1. The van der Waals surface area contributed by atoms with Crippen LogP contribution in [0, 0.1) is 0 Å². The van der Waals surface area contributed by atoms with Gasteiger partial charge in [-0.1, -0.05) is 0 Å². The summed E-state index contributed by atoms with van der Waals surface area (Å²) in [5.41, 5.74) is 1.10. The minimum absolute atomic E-state index is 0.145. The lowest BCUT2D eigenvalue weighted by molar-refractivity contribution is -0.137. The lowest BCUT2D eigenvalue weighted by Crippen LogP contribution is -2.49. The third-order valence-corrected chi connectivity index (χ3v) is 3.32. The van der Waals surface area contributed by atoms with Crippen molar-refractivity contribution in [2.24, 2.45) is 0 Å². The van der Waals surface area contributed by atoms with Gasteiger partial charge in [0.2, 0.25) is 5.91 Å². The first-order valence-corrected chi connectivity index (χ1v) is 6.82. The van der Waals surface area contributed by atoms with Gasteiger partial charge < -0.3 is 15.0 Å². The van der Waals surface area contributed by atoms with E-state index in [-0.39, 0.29) is 11.9 Å². The van der Waals surface area contributed by atoms with Gasteiger partial charge in [0.05, 0.1) is 25.5 Å². The fourth-order valence-electron chi connectivity index (χ4n) is 2.09. The number of hydrogen-bond acceptors (Lipinski definition) is 4. The molecule has 2 heterocycles. The summed E-state index contributed by atoms with van der Waals surface area (Å²) in [4.78, 5) is 14.0. The van der Waals surface area contributed by atoms with Crippen molar-refractivity contribution in [3.8, 4) is 0 Å². The van der Waals surface area contributed by atoms with Crippen LogP contribution in [0.4, 0.5) is 0 Å². The summed E-state index contributed by atoms with van der Waals surface area (Å²) >= 11 is 0. The van der Waals surface area contributed by atoms with Crippen molar-refractivity contribution in [1.29, 1.82) is 0 Å². The smallest absolute Gasteiger partial charge is 0.239 e. The number of aromatic nitrogens is 2.